The van der Waals surface area contributed by atoms with Crippen LogP contribution in [0.5, 0.6) is 0 Å². The van der Waals surface area contributed by atoms with Gasteiger partial charge in [0.2, 0.25) is 5.13 Å². The summed E-state index contributed by atoms with van der Waals surface area (Å²) in [5.41, 5.74) is 2.94. The van der Waals surface area contributed by atoms with Crippen molar-refractivity contribution >= 4 is 38.6 Å². The number of anilines is 1. The number of hydrogen-bond acceptors (Lipinski definition) is 4. The van der Waals surface area contributed by atoms with E-state index in [4.69, 9.17) is 0 Å². The third kappa shape index (κ3) is 4.46. The van der Waals surface area contributed by atoms with Gasteiger partial charge in [0.05, 0.1) is 11.1 Å². The highest BCUT2D eigenvalue weighted by Gasteiger charge is 2.37. The largest absolute Gasteiger partial charge is 0.434 e. The normalized spacial score (nSPS) is 11.8. The first-order valence-electron chi connectivity index (χ1n) is 7.11. The van der Waals surface area contributed by atoms with Crippen LogP contribution in [0, 0.1) is 0 Å². The highest BCUT2D eigenvalue weighted by molar-refractivity contribution is 9.10. The molecule has 0 aliphatic rings. The second kappa shape index (κ2) is 7.37. The molecule has 0 aliphatic carbocycles. The van der Waals surface area contributed by atoms with Crippen LogP contribution in [0.1, 0.15) is 11.3 Å². The number of alkyl halides is 3. The van der Waals surface area contributed by atoms with Crippen LogP contribution in [0.4, 0.5) is 18.3 Å². The van der Waals surface area contributed by atoms with Crippen LogP contribution in [-0.4, -0.2) is 11.2 Å². The fourth-order valence-electron chi connectivity index (χ4n) is 2.06. The molecule has 0 radical (unpaired) electrons. The number of nitrogens with zero attached hydrogens (tertiary/aromatic N) is 2. The number of hydrogen-bond donors (Lipinski definition) is 1. The molecule has 128 valence electrons. The summed E-state index contributed by atoms with van der Waals surface area (Å²) in [7, 11) is 0. The standard InChI is InChI=1S/C17H11BrF3N3S/c18-13-8-6-11(7-9-13)10-22-24-16-23-15(17(19,20)21)14(25-16)12-4-2-1-3-5-12/h1-10H,(H,23,24)/b22-10+. The van der Waals surface area contributed by atoms with E-state index in [2.05, 4.69) is 31.4 Å². The molecule has 25 heavy (non-hydrogen) atoms. The summed E-state index contributed by atoms with van der Waals surface area (Å²) in [6.07, 6.45) is -3.01. The summed E-state index contributed by atoms with van der Waals surface area (Å²) < 4.78 is 40.7. The molecule has 0 aliphatic heterocycles. The van der Waals surface area contributed by atoms with Crippen molar-refractivity contribution < 1.29 is 13.2 Å². The second-order valence-corrected chi connectivity index (χ2v) is 6.90. The van der Waals surface area contributed by atoms with E-state index >= 15 is 0 Å². The maximum Gasteiger partial charge on any atom is 0.434 e. The average Bonchev–Trinajstić information content (AvgIpc) is 3.02. The van der Waals surface area contributed by atoms with Crippen LogP contribution >= 0.6 is 27.3 Å². The minimum atomic E-state index is -4.53. The maximum absolute atomic E-state index is 13.2. The van der Waals surface area contributed by atoms with E-state index in [1.54, 1.807) is 30.3 Å². The molecule has 0 saturated carbocycles. The molecule has 1 N–H and O–H groups in total. The molecule has 0 fully saturated rings. The SMILES string of the molecule is FC(F)(F)c1nc(N/N=C/c2ccc(Br)cc2)sc1-c1ccccc1. The Morgan fingerprint density at radius 3 is 2.36 bits per heavy atom. The van der Waals surface area contributed by atoms with Crippen molar-refractivity contribution in [3.8, 4) is 10.4 Å². The molecule has 3 rings (SSSR count). The Morgan fingerprint density at radius 2 is 1.72 bits per heavy atom. The highest BCUT2D eigenvalue weighted by atomic mass is 79.9. The Bertz CT molecular complexity index is 874. The lowest BCUT2D eigenvalue weighted by molar-refractivity contribution is -0.140. The smallest absolute Gasteiger partial charge is 0.253 e. The van der Waals surface area contributed by atoms with E-state index in [-0.39, 0.29) is 10.0 Å². The van der Waals surface area contributed by atoms with Gasteiger partial charge in [0.25, 0.3) is 0 Å². The van der Waals surface area contributed by atoms with Crippen molar-refractivity contribution in [1.29, 1.82) is 0 Å². The van der Waals surface area contributed by atoms with Gasteiger partial charge >= 0.3 is 6.18 Å². The molecule has 0 atom stereocenters. The molecule has 0 bridgehead atoms. The topological polar surface area (TPSA) is 37.3 Å². The van der Waals surface area contributed by atoms with Crippen molar-refractivity contribution in [2.45, 2.75) is 6.18 Å². The van der Waals surface area contributed by atoms with Crippen molar-refractivity contribution in [3.05, 3.63) is 70.3 Å². The van der Waals surface area contributed by atoms with E-state index < -0.39 is 11.9 Å². The van der Waals surface area contributed by atoms with E-state index in [0.717, 1.165) is 21.4 Å². The van der Waals surface area contributed by atoms with Gasteiger partial charge in [-0.3, -0.25) is 5.43 Å². The molecule has 2 aromatic carbocycles. The van der Waals surface area contributed by atoms with Crippen LogP contribution in [0.15, 0.2) is 64.2 Å². The number of aromatic nitrogens is 1. The van der Waals surface area contributed by atoms with Gasteiger partial charge in [-0.15, -0.1) is 0 Å². The maximum atomic E-state index is 13.2. The third-order valence-electron chi connectivity index (χ3n) is 3.18. The zero-order valence-corrected chi connectivity index (χ0v) is 15.0. The lowest BCUT2D eigenvalue weighted by atomic mass is 10.1. The molecule has 0 amide bonds. The highest BCUT2D eigenvalue weighted by Crippen LogP contribution is 2.41. The molecule has 1 aromatic heterocycles. The summed E-state index contributed by atoms with van der Waals surface area (Å²) >= 11 is 4.24. The summed E-state index contributed by atoms with van der Waals surface area (Å²) in [6, 6.07) is 15.7. The fraction of sp³-hybridized carbons (Fsp3) is 0.0588. The third-order valence-corrected chi connectivity index (χ3v) is 4.71. The molecule has 3 aromatic rings. The van der Waals surface area contributed by atoms with Crippen molar-refractivity contribution in [3.63, 3.8) is 0 Å². The van der Waals surface area contributed by atoms with Crippen molar-refractivity contribution in [2.24, 2.45) is 5.10 Å². The molecule has 8 heteroatoms. The van der Waals surface area contributed by atoms with E-state index in [9.17, 15) is 13.2 Å². The minimum Gasteiger partial charge on any atom is -0.253 e. The fourth-order valence-corrected chi connectivity index (χ4v) is 3.26. The van der Waals surface area contributed by atoms with Crippen LogP contribution < -0.4 is 5.43 Å². The van der Waals surface area contributed by atoms with Crippen LogP contribution in [-0.2, 0) is 6.18 Å². The summed E-state index contributed by atoms with van der Waals surface area (Å²) in [5.74, 6) is 0. The molecule has 1 heterocycles. The predicted molar refractivity (Wildman–Crippen MR) is 97.9 cm³/mol. The Labute approximate surface area is 154 Å². The van der Waals surface area contributed by atoms with Gasteiger partial charge in [0.15, 0.2) is 5.69 Å². The summed E-state index contributed by atoms with van der Waals surface area (Å²) in [4.78, 5) is 3.73. The molecule has 0 spiro atoms. The van der Waals surface area contributed by atoms with Crippen LogP contribution in [0.25, 0.3) is 10.4 Å². The summed E-state index contributed by atoms with van der Waals surface area (Å²) in [5, 5.41) is 4.04. The predicted octanol–water partition coefficient (Wildman–Crippen LogP) is 6.04. The monoisotopic (exact) mass is 425 g/mol. The Kier molecular flexibility index (Phi) is 5.19. The molecular formula is C17H11BrF3N3S. The van der Waals surface area contributed by atoms with Gasteiger partial charge < -0.3 is 0 Å². The number of thiazole rings is 1. The zero-order chi connectivity index (χ0) is 17.9. The zero-order valence-electron chi connectivity index (χ0n) is 12.6. The quantitative estimate of drug-likeness (QED) is 0.408. The first-order valence-corrected chi connectivity index (χ1v) is 8.72. The van der Waals surface area contributed by atoms with E-state index in [1.165, 1.54) is 6.21 Å². The lowest BCUT2D eigenvalue weighted by Gasteiger charge is -2.05. The van der Waals surface area contributed by atoms with Gasteiger partial charge in [-0.05, 0) is 23.3 Å². The summed E-state index contributed by atoms with van der Waals surface area (Å²) in [6.45, 7) is 0. The van der Waals surface area contributed by atoms with Crippen LogP contribution in [0.3, 0.4) is 0 Å². The number of hydrazone groups is 1. The first kappa shape index (κ1) is 17.6. The number of benzene rings is 2. The Hall–Kier alpha value is -2.19. The van der Waals surface area contributed by atoms with Crippen molar-refractivity contribution in [2.75, 3.05) is 5.43 Å². The van der Waals surface area contributed by atoms with E-state index in [1.807, 2.05) is 24.3 Å². The Balaban J connectivity index is 1.85. The molecule has 0 unspecified atom stereocenters. The molecule has 0 saturated heterocycles. The second-order valence-electron chi connectivity index (χ2n) is 4.98. The van der Waals surface area contributed by atoms with Gasteiger partial charge in [-0.2, -0.15) is 18.3 Å². The van der Waals surface area contributed by atoms with Gasteiger partial charge in [-0.1, -0.05) is 69.7 Å². The average molecular weight is 426 g/mol. The lowest BCUT2D eigenvalue weighted by Crippen LogP contribution is -2.07. The van der Waals surface area contributed by atoms with Gasteiger partial charge in [0, 0.05) is 4.47 Å². The first-order chi connectivity index (χ1) is 11.9. The molecule has 3 nitrogen and oxygen atoms in total. The minimum absolute atomic E-state index is 0.0643. The Morgan fingerprint density at radius 1 is 1.04 bits per heavy atom. The number of nitrogens with one attached hydrogen (secondary N) is 1. The van der Waals surface area contributed by atoms with Gasteiger partial charge in [-0.25, -0.2) is 4.98 Å². The van der Waals surface area contributed by atoms with Gasteiger partial charge in [0.1, 0.15) is 0 Å². The molecular weight excluding hydrogens is 415 g/mol. The van der Waals surface area contributed by atoms with E-state index in [0.29, 0.717) is 5.56 Å². The number of rotatable bonds is 4. The van der Waals surface area contributed by atoms with Crippen LogP contribution in [0.2, 0.25) is 0 Å². The number of halogens is 4. The van der Waals surface area contributed by atoms with Crippen molar-refractivity contribution in [1.82, 2.24) is 4.98 Å².